The topological polar surface area (TPSA) is 26.0 Å². The zero-order valence-corrected chi connectivity index (χ0v) is 13.3. The van der Waals surface area contributed by atoms with Gasteiger partial charge >= 0.3 is 0 Å². The van der Waals surface area contributed by atoms with Crippen LogP contribution < -0.4 is 5.73 Å². The van der Waals surface area contributed by atoms with Crippen LogP contribution in [0.3, 0.4) is 0 Å². The summed E-state index contributed by atoms with van der Waals surface area (Å²) in [5.41, 5.74) is 10.9. The summed E-state index contributed by atoms with van der Waals surface area (Å²) in [5.74, 6) is 0. The van der Waals surface area contributed by atoms with E-state index in [9.17, 15) is 0 Å². The van der Waals surface area contributed by atoms with Gasteiger partial charge in [-0.3, -0.25) is 0 Å². The third-order valence-corrected chi connectivity index (χ3v) is 4.30. The molecule has 0 bridgehead atoms. The molecule has 0 aliphatic carbocycles. The van der Waals surface area contributed by atoms with Gasteiger partial charge in [0, 0.05) is 15.6 Å². The van der Waals surface area contributed by atoms with E-state index < -0.39 is 0 Å². The average Bonchev–Trinajstić information content (AvgIpc) is 2.46. The molecular weight excluding hydrogens is 289 g/mol. The lowest BCUT2D eigenvalue weighted by Crippen LogP contribution is -2.15. The molecule has 1 nitrogen and oxygen atoms in total. The van der Waals surface area contributed by atoms with Crippen LogP contribution in [-0.2, 0) is 12.8 Å². The summed E-state index contributed by atoms with van der Waals surface area (Å²) < 4.78 is 0. The lowest BCUT2D eigenvalue weighted by Gasteiger charge is -2.20. The van der Waals surface area contributed by atoms with E-state index in [1.807, 2.05) is 18.2 Å². The molecular formula is C17H19Cl2N. The molecule has 20 heavy (non-hydrogen) atoms. The highest BCUT2D eigenvalue weighted by molar-refractivity contribution is 6.36. The highest BCUT2D eigenvalue weighted by Gasteiger charge is 2.18. The lowest BCUT2D eigenvalue weighted by atomic mass is 9.91. The molecule has 0 radical (unpaired) electrons. The van der Waals surface area contributed by atoms with Crippen LogP contribution in [0.4, 0.5) is 0 Å². The third-order valence-electron chi connectivity index (χ3n) is 3.65. The Labute approximate surface area is 130 Å². The van der Waals surface area contributed by atoms with Crippen LogP contribution in [0.5, 0.6) is 0 Å². The molecule has 0 aliphatic heterocycles. The highest BCUT2D eigenvalue weighted by Crippen LogP contribution is 2.34. The van der Waals surface area contributed by atoms with Crippen LogP contribution >= 0.6 is 23.2 Å². The van der Waals surface area contributed by atoms with Gasteiger partial charge in [0.2, 0.25) is 0 Å². The summed E-state index contributed by atoms with van der Waals surface area (Å²) in [7, 11) is 0. The smallest absolute Gasteiger partial charge is 0.0584 e. The van der Waals surface area contributed by atoms with E-state index in [-0.39, 0.29) is 6.04 Å². The van der Waals surface area contributed by atoms with Crippen molar-refractivity contribution in [3.63, 3.8) is 0 Å². The lowest BCUT2D eigenvalue weighted by molar-refractivity contribution is 0.845. The fourth-order valence-electron chi connectivity index (χ4n) is 2.44. The van der Waals surface area contributed by atoms with Crippen molar-refractivity contribution in [3.8, 4) is 0 Å². The normalized spacial score (nSPS) is 12.4. The first kappa shape index (κ1) is 15.4. The van der Waals surface area contributed by atoms with E-state index in [1.54, 1.807) is 0 Å². The zero-order valence-electron chi connectivity index (χ0n) is 11.8. The van der Waals surface area contributed by atoms with Crippen LogP contribution in [0.15, 0.2) is 36.4 Å². The SMILES string of the molecule is CCc1ccc(CC)c(C(N)c2c(Cl)cccc2Cl)c1. The van der Waals surface area contributed by atoms with E-state index in [1.165, 1.54) is 11.1 Å². The molecule has 3 heteroatoms. The molecule has 2 N–H and O–H groups in total. The standard InChI is InChI=1S/C17H19Cl2N/c1-3-11-8-9-12(4-2)13(10-11)17(20)16-14(18)6-5-7-15(16)19/h5-10,17H,3-4,20H2,1-2H3. The average molecular weight is 308 g/mol. The predicted octanol–water partition coefficient (Wildman–Crippen LogP) is 5.17. The second-order valence-corrected chi connectivity index (χ2v) is 5.67. The molecule has 2 aromatic rings. The van der Waals surface area contributed by atoms with Gasteiger partial charge in [-0.25, -0.2) is 0 Å². The molecule has 1 unspecified atom stereocenters. The number of hydrogen-bond acceptors (Lipinski definition) is 1. The Morgan fingerprint density at radius 1 is 1.00 bits per heavy atom. The molecule has 0 spiro atoms. The van der Waals surface area contributed by atoms with Gasteiger partial charge < -0.3 is 5.73 Å². The molecule has 1 atom stereocenters. The minimum Gasteiger partial charge on any atom is -0.320 e. The third kappa shape index (κ3) is 3.01. The maximum atomic E-state index is 6.45. The summed E-state index contributed by atoms with van der Waals surface area (Å²) in [6.45, 7) is 4.27. The Balaban J connectivity index is 2.55. The fraction of sp³-hybridized carbons (Fsp3) is 0.294. The van der Waals surface area contributed by atoms with Crippen molar-refractivity contribution in [2.24, 2.45) is 5.73 Å². The Bertz CT molecular complexity index is 588. The summed E-state index contributed by atoms with van der Waals surface area (Å²) in [4.78, 5) is 0. The first-order chi connectivity index (χ1) is 9.58. The van der Waals surface area contributed by atoms with Crippen LogP contribution in [0, 0.1) is 0 Å². The second kappa shape index (κ2) is 6.62. The van der Waals surface area contributed by atoms with Crippen LogP contribution in [-0.4, -0.2) is 0 Å². The monoisotopic (exact) mass is 307 g/mol. The van der Waals surface area contributed by atoms with Crippen molar-refractivity contribution in [2.75, 3.05) is 0 Å². The van der Waals surface area contributed by atoms with Gasteiger partial charge in [-0.1, -0.05) is 61.3 Å². The molecule has 0 saturated heterocycles. The zero-order chi connectivity index (χ0) is 14.7. The summed E-state index contributed by atoms with van der Waals surface area (Å²) in [5, 5.41) is 1.24. The van der Waals surface area contributed by atoms with Crippen LogP contribution in [0.2, 0.25) is 10.0 Å². The second-order valence-electron chi connectivity index (χ2n) is 4.85. The fourth-order valence-corrected chi connectivity index (χ4v) is 3.07. The predicted molar refractivity (Wildman–Crippen MR) is 87.7 cm³/mol. The van der Waals surface area contributed by atoms with Crippen molar-refractivity contribution >= 4 is 23.2 Å². The Kier molecular flexibility index (Phi) is 5.09. The van der Waals surface area contributed by atoms with Gasteiger partial charge in [-0.15, -0.1) is 0 Å². The molecule has 0 amide bonds. The minimum atomic E-state index is -0.294. The number of benzene rings is 2. The van der Waals surface area contributed by atoms with Gasteiger partial charge in [0.15, 0.2) is 0 Å². The minimum absolute atomic E-state index is 0.294. The van der Waals surface area contributed by atoms with Gasteiger partial charge in [-0.05, 0) is 41.7 Å². The molecule has 0 aromatic heterocycles. The molecule has 2 aromatic carbocycles. The van der Waals surface area contributed by atoms with Crippen molar-refractivity contribution in [2.45, 2.75) is 32.7 Å². The van der Waals surface area contributed by atoms with Gasteiger partial charge in [0.1, 0.15) is 0 Å². The molecule has 2 rings (SSSR count). The number of hydrogen-bond donors (Lipinski definition) is 1. The van der Waals surface area contributed by atoms with Crippen molar-refractivity contribution in [3.05, 3.63) is 68.7 Å². The van der Waals surface area contributed by atoms with E-state index in [4.69, 9.17) is 28.9 Å². The van der Waals surface area contributed by atoms with E-state index in [0.29, 0.717) is 10.0 Å². The number of aryl methyl sites for hydroxylation is 2. The van der Waals surface area contributed by atoms with E-state index in [2.05, 4.69) is 32.0 Å². The van der Waals surface area contributed by atoms with Gasteiger partial charge in [0.05, 0.1) is 6.04 Å². The number of halogens is 2. The van der Waals surface area contributed by atoms with Gasteiger partial charge in [0.25, 0.3) is 0 Å². The summed E-state index contributed by atoms with van der Waals surface area (Å²) >= 11 is 12.6. The molecule has 106 valence electrons. The Morgan fingerprint density at radius 2 is 1.65 bits per heavy atom. The molecule has 0 heterocycles. The molecule has 0 aliphatic rings. The maximum Gasteiger partial charge on any atom is 0.0584 e. The first-order valence-corrected chi connectivity index (χ1v) is 7.65. The number of nitrogens with two attached hydrogens (primary N) is 1. The summed E-state index contributed by atoms with van der Waals surface area (Å²) in [6, 6.07) is 11.7. The quantitative estimate of drug-likeness (QED) is 0.829. The maximum absolute atomic E-state index is 6.45. The first-order valence-electron chi connectivity index (χ1n) is 6.89. The molecule has 0 fully saturated rings. The summed E-state index contributed by atoms with van der Waals surface area (Å²) in [6.07, 6.45) is 1.93. The van der Waals surface area contributed by atoms with Gasteiger partial charge in [-0.2, -0.15) is 0 Å². The van der Waals surface area contributed by atoms with Crippen molar-refractivity contribution < 1.29 is 0 Å². The van der Waals surface area contributed by atoms with Crippen molar-refractivity contribution in [1.29, 1.82) is 0 Å². The van der Waals surface area contributed by atoms with Crippen LogP contribution in [0.25, 0.3) is 0 Å². The molecule has 0 saturated carbocycles. The van der Waals surface area contributed by atoms with Crippen LogP contribution in [0.1, 0.15) is 42.1 Å². The van der Waals surface area contributed by atoms with Crippen molar-refractivity contribution in [1.82, 2.24) is 0 Å². The van der Waals surface area contributed by atoms with E-state index in [0.717, 1.165) is 24.0 Å². The largest absolute Gasteiger partial charge is 0.320 e. The highest BCUT2D eigenvalue weighted by atomic mass is 35.5. The number of rotatable bonds is 4. The Hall–Kier alpha value is -1.02. The Morgan fingerprint density at radius 3 is 2.20 bits per heavy atom. The van der Waals surface area contributed by atoms with E-state index >= 15 is 0 Å².